The minimum atomic E-state index is -0.628. The van der Waals surface area contributed by atoms with Gasteiger partial charge in [0.2, 0.25) is 11.8 Å². The summed E-state index contributed by atoms with van der Waals surface area (Å²) in [4.78, 5) is 38.4. The van der Waals surface area contributed by atoms with Crippen LogP contribution in [0.15, 0.2) is 30.3 Å². The second-order valence-electron chi connectivity index (χ2n) is 7.28. The molecule has 3 amide bonds. The zero-order valence-electron chi connectivity index (χ0n) is 14.9. The largest absolute Gasteiger partial charge is 0.350 e. The molecule has 136 valence electrons. The lowest BCUT2D eigenvalue weighted by atomic mass is 10.1. The number of carbonyl (C=O) groups is 3. The predicted octanol–water partition coefficient (Wildman–Crippen LogP) is 0.259. The third-order valence-electron chi connectivity index (χ3n) is 3.97. The molecule has 0 unspecified atom stereocenters. The van der Waals surface area contributed by atoms with Crippen LogP contribution in [-0.4, -0.2) is 53.3 Å². The zero-order chi connectivity index (χ0) is 18.6. The van der Waals surface area contributed by atoms with E-state index in [1.54, 1.807) is 24.3 Å². The van der Waals surface area contributed by atoms with Crippen molar-refractivity contribution in [2.45, 2.75) is 44.8 Å². The minimum absolute atomic E-state index is 0.168. The fourth-order valence-electron chi connectivity index (χ4n) is 2.89. The first-order valence-electron chi connectivity index (χ1n) is 8.38. The lowest BCUT2D eigenvalue weighted by Crippen LogP contribution is -2.52. The Morgan fingerprint density at radius 3 is 2.40 bits per heavy atom. The summed E-state index contributed by atoms with van der Waals surface area (Å²) in [5.74, 6) is -0.751. The lowest BCUT2D eigenvalue weighted by Gasteiger charge is -2.27. The van der Waals surface area contributed by atoms with E-state index in [1.165, 1.54) is 4.90 Å². The van der Waals surface area contributed by atoms with Crippen molar-refractivity contribution in [2.24, 2.45) is 5.73 Å². The van der Waals surface area contributed by atoms with Crippen molar-refractivity contribution in [3.05, 3.63) is 35.9 Å². The molecule has 25 heavy (non-hydrogen) atoms. The SMILES string of the molecule is CC(C)(C)NC(=O)[C@@H]1C[C@@H](NC(=O)c2ccccc2)CN1C(=O)CN. The van der Waals surface area contributed by atoms with Crippen molar-refractivity contribution in [1.29, 1.82) is 0 Å². The molecule has 7 nitrogen and oxygen atoms in total. The van der Waals surface area contributed by atoms with Gasteiger partial charge in [0.05, 0.1) is 6.54 Å². The van der Waals surface area contributed by atoms with E-state index in [2.05, 4.69) is 10.6 Å². The van der Waals surface area contributed by atoms with Gasteiger partial charge in [-0.3, -0.25) is 14.4 Å². The van der Waals surface area contributed by atoms with Gasteiger partial charge >= 0.3 is 0 Å². The van der Waals surface area contributed by atoms with E-state index in [0.29, 0.717) is 12.0 Å². The van der Waals surface area contributed by atoms with E-state index in [4.69, 9.17) is 5.73 Å². The van der Waals surface area contributed by atoms with Crippen LogP contribution in [0.25, 0.3) is 0 Å². The molecule has 0 saturated carbocycles. The highest BCUT2D eigenvalue weighted by Crippen LogP contribution is 2.20. The Balaban J connectivity index is 2.08. The molecule has 1 heterocycles. The maximum absolute atomic E-state index is 12.5. The van der Waals surface area contributed by atoms with Gasteiger partial charge in [0.1, 0.15) is 6.04 Å². The van der Waals surface area contributed by atoms with Crippen LogP contribution in [0.1, 0.15) is 37.6 Å². The van der Waals surface area contributed by atoms with Gasteiger partial charge in [-0.2, -0.15) is 0 Å². The summed E-state index contributed by atoms with van der Waals surface area (Å²) >= 11 is 0. The number of rotatable bonds is 4. The molecular formula is C18H26N4O3. The Kier molecular flexibility index (Phi) is 5.79. The molecule has 1 aromatic rings. The van der Waals surface area contributed by atoms with Crippen LogP contribution in [0.2, 0.25) is 0 Å². The van der Waals surface area contributed by atoms with E-state index >= 15 is 0 Å². The maximum Gasteiger partial charge on any atom is 0.251 e. The highest BCUT2D eigenvalue weighted by atomic mass is 16.2. The van der Waals surface area contributed by atoms with Gasteiger partial charge < -0.3 is 21.3 Å². The molecule has 1 aromatic carbocycles. The number of nitrogens with two attached hydrogens (primary N) is 1. The average Bonchev–Trinajstić information content (AvgIpc) is 2.97. The first kappa shape index (κ1) is 18.9. The summed E-state index contributed by atoms with van der Waals surface area (Å²) in [5, 5.41) is 5.79. The highest BCUT2D eigenvalue weighted by Gasteiger charge is 2.40. The molecular weight excluding hydrogens is 320 g/mol. The second kappa shape index (κ2) is 7.65. The van der Waals surface area contributed by atoms with Gasteiger partial charge in [-0.1, -0.05) is 18.2 Å². The number of nitrogens with zero attached hydrogens (tertiary/aromatic N) is 1. The van der Waals surface area contributed by atoms with E-state index in [9.17, 15) is 14.4 Å². The van der Waals surface area contributed by atoms with Crippen LogP contribution in [-0.2, 0) is 9.59 Å². The van der Waals surface area contributed by atoms with Gasteiger partial charge in [0, 0.05) is 23.7 Å². The first-order valence-corrected chi connectivity index (χ1v) is 8.38. The quantitative estimate of drug-likeness (QED) is 0.727. The molecule has 1 aliphatic rings. The van der Waals surface area contributed by atoms with Gasteiger partial charge in [-0.15, -0.1) is 0 Å². The summed E-state index contributed by atoms with van der Waals surface area (Å²) in [6.45, 7) is 5.74. The molecule has 0 aromatic heterocycles. The highest BCUT2D eigenvalue weighted by molar-refractivity contribution is 5.95. The number of hydrogen-bond donors (Lipinski definition) is 3. The predicted molar refractivity (Wildman–Crippen MR) is 94.8 cm³/mol. The Morgan fingerprint density at radius 1 is 1.20 bits per heavy atom. The monoisotopic (exact) mass is 346 g/mol. The third kappa shape index (κ3) is 5.03. The van der Waals surface area contributed by atoms with Crippen molar-refractivity contribution in [3.8, 4) is 0 Å². The Hall–Kier alpha value is -2.41. The van der Waals surface area contributed by atoms with Crippen LogP contribution in [0.4, 0.5) is 0 Å². The van der Waals surface area contributed by atoms with Crippen LogP contribution in [0, 0.1) is 0 Å². The second-order valence-corrected chi connectivity index (χ2v) is 7.28. The number of likely N-dealkylation sites (tertiary alicyclic amines) is 1. The fraction of sp³-hybridized carbons (Fsp3) is 0.500. The van der Waals surface area contributed by atoms with Crippen molar-refractivity contribution in [3.63, 3.8) is 0 Å². The number of amides is 3. The van der Waals surface area contributed by atoms with Gasteiger partial charge in [-0.05, 0) is 39.3 Å². The zero-order valence-corrected chi connectivity index (χ0v) is 14.9. The minimum Gasteiger partial charge on any atom is -0.350 e. The Bertz CT molecular complexity index is 639. The standard InChI is InChI=1S/C18H26N4O3/c1-18(2,3)21-17(25)14-9-13(11-22(14)15(23)10-19)20-16(24)12-7-5-4-6-8-12/h4-8,13-14H,9-11,19H2,1-3H3,(H,20,24)(H,21,25)/t13-,14+/m1/s1. The molecule has 1 saturated heterocycles. The molecule has 2 atom stereocenters. The lowest BCUT2D eigenvalue weighted by molar-refractivity contribution is -0.138. The number of nitrogens with one attached hydrogen (secondary N) is 2. The molecule has 1 aliphatic heterocycles. The van der Waals surface area contributed by atoms with Crippen molar-refractivity contribution < 1.29 is 14.4 Å². The summed E-state index contributed by atoms with van der Waals surface area (Å²) in [6.07, 6.45) is 0.367. The molecule has 2 rings (SSSR count). The summed E-state index contributed by atoms with van der Waals surface area (Å²) < 4.78 is 0. The Labute approximate surface area is 147 Å². The van der Waals surface area contributed by atoms with Crippen LogP contribution in [0.3, 0.4) is 0 Å². The number of benzene rings is 1. The van der Waals surface area contributed by atoms with Crippen molar-refractivity contribution in [2.75, 3.05) is 13.1 Å². The van der Waals surface area contributed by atoms with E-state index in [0.717, 1.165) is 0 Å². The van der Waals surface area contributed by atoms with Crippen LogP contribution >= 0.6 is 0 Å². The molecule has 0 aliphatic carbocycles. The molecule has 4 N–H and O–H groups in total. The van der Waals surface area contributed by atoms with E-state index in [1.807, 2.05) is 26.8 Å². The maximum atomic E-state index is 12.5. The fourth-order valence-corrected chi connectivity index (χ4v) is 2.89. The van der Waals surface area contributed by atoms with Gasteiger partial charge in [0.25, 0.3) is 5.91 Å². The first-order chi connectivity index (χ1) is 11.7. The molecule has 0 radical (unpaired) electrons. The number of carbonyl (C=O) groups excluding carboxylic acids is 3. The molecule has 0 bridgehead atoms. The molecule has 1 fully saturated rings. The molecule has 7 heteroatoms. The smallest absolute Gasteiger partial charge is 0.251 e. The third-order valence-corrected chi connectivity index (χ3v) is 3.97. The van der Waals surface area contributed by atoms with Crippen molar-refractivity contribution >= 4 is 17.7 Å². The van der Waals surface area contributed by atoms with Crippen molar-refractivity contribution in [1.82, 2.24) is 15.5 Å². The number of hydrogen-bond acceptors (Lipinski definition) is 4. The van der Waals surface area contributed by atoms with Crippen LogP contribution in [0.5, 0.6) is 0 Å². The topological polar surface area (TPSA) is 105 Å². The van der Waals surface area contributed by atoms with E-state index < -0.39 is 11.6 Å². The summed E-state index contributed by atoms with van der Waals surface area (Å²) in [5.41, 5.74) is 5.61. The Morgan fingerprint density at radius 2 is 1.84 bits per heavy atom. The summed E-state index contributed by atoms with van der Waals surface area (Å²) in [7, 11) is 0. The average molecular weight is 346 g/mol. The van der Waals surface area contributed by atoms with Crippen LogP contribution < -0.4 is 16.4 Å². The van der Waals surface area contributed by atoms with Gasteiger partial charge in [-0.25, -0.2) is 0 Å². The normalized spacial score (nSPS) is 20.2. The molecule has 0 spiro atoms. The summed E-state index contributed by atoms with van der Waals surface area (Å²) in [6, 6.07) is 7.92. The van der Waals surface area contributed by atoms with Gasteiger partial charge in [0.15, 0.2) is 0 Å². The van der Waals surface area contributed by atoms with E-state index in [-0.39, 0.29) is 36.9 Å².